The minimum absolute atomic E-state index is 0.0135. The Morgan fingerprint density at radius 2 is 1.95 bits per heavy atom. The van der Waals surface area contributed by atoms with Gasteiger partial charge in [-0.05, 0) is 44.4 Å². The first kappa shape index (κ1) is 28.0. The van der Waals surface area contributed by atoms with Crippen LogP contribution in [0, 0.1) is 0 Å². The summed E-state index contributed by atoms with van der Waals surface area (Å²) in [6.45, 7) is 6.15. The summed E-state index contributed by atoms with van der Waals surface area (Å²) >= 11 is 1.48. The Hall–Kier alpha value is -4.16. The van der Waals surface area contributed by atoms with Crippen molar-refractivity contribution >= 4 is 45.1 Å². The Balaban J connectivity index is 1.19. The fourth-order valence-corrected chi connectivity index (χ4v) is 6.06. The Bertz CT molecular complexity index is 1640. The van der Waals surface area contributed by atoms with Gasteiger partial charge in [0.2, 0.25) is 5.91 Å². The van der Waals surface area contributed by atoms with Crippen molar-refractivity contribution in [1.82, 2.24) is 34.5 Å². The topological polar surface area (TPSA) is 135 Å². The summed E-state index contributed by atoms with van der Waals surface area (Å²) in [5.74, 6) is 0.474. The minimum Gasteiger partial charge on any atom is -0.383 e. The first-order valence-electron chi connectivity index (χ1n) is 14.3. The second-order valence-corrected chi connectivity index (χ2v) is 12.4. The number of hydrogen-bond acceptors (Lipinski definition) is 9. The summed E-state index contributed by atoms with van der Waals surface area (Å²) in [4.78, 5) is 44.0. The zero-order chi connectivity index (χ0) is 29.4. The van der Waals surface area contributed by atoms with Gasteiger partial charge < -0.3 is 10.6 Å². The van der Waals surface area contributed by atoms with E-state index in [2.05, 4.69) is 46.1 Å². The van der Waals surface area contributed by atoms with Crippen molar-refractivity contribution in [2.75, 3.05) is 37.7 Å². The number of thiazole rings is 1. The maximum Gasteiger partial charge on any atom is 0.257 e. The van der Waals surface area contributed by atoms with Crippen LogP contribution >= 0.6 is 11.3 Å². The van der Waals surface area contributed by atoms with Crippen molar-refractivity contribution in [3.63, 3.8) is 0 Å². The Labute approximate surface area is 248 Å². The lowest BCUT2D eigenvalue weighted by Gasteiger charge is -2.16. The number of amides is 2. The lowest BCUT2D eigenvalue weighted by atomic mass is 10.1. The summed E-state index contributed by atoms with van der Waals surface area (Å²) in [6, 6.07) is 7.84. The molecular formula is C30H35N9O2S. The van der Waals surface area contributed by atoms with E-state index in [0.29, 0.717) is 58.3 Å². The van der Waals surface area contributed by atoms with Gasteiger partial charge in [-0.2, -0.15) is 5.10 Å². The summed E-state index contributed by atoms with van der Waals surface area (Å²) in [5.41, 5.74) is 8.90. The van der Waals surface area contributed by atoms with Gasteiger partial charge in [-0.15, -0.1) is 11.3 Å². The summed E-state index contributed by atoms with van der Waals surface area (Å²) < 4.78 is 1.87. The van der Waals surface area contributed by atoms with Crippen LogP contribution in [0.25, 0.3) is 22.3 Å². The highest BCUT2D eigenvalue weighted by atomic mass is 32.1. The van der Waals surface area contributed by atoms with Crippen LogP contribution in [-0.4, -0.2) is 79.1 Å². The van der Waals surface area contributed by atoms with E-state index in [0.717, 1.165) is 23.4 Å². The zero-order valence-corrected chi connectivity index (χ0v) is 24.8. The molecule has 1 saturated heterocycles. The van der Waals surface area contributed by atoms with Gasteiger partial charge in [0.15, 0.2) is 10.8 Å². The number of likely N-dealkylation sites (tertiary alicyclic amines) is 1. The molecule has 218 valence electrons. The predicted octanol–water partition coefficient (Wildman–Crippen LogP) is 4.33. The lowest BCUT2D eigenvalue weighted by Crippen LogP contribution is -2.28. The molecule has 2 amide bonds. The third kappa shape index (κ3) is 5.77. The number of carbonyl (C=O) groups excluding carboxylic acids is 2. The molecule has 11 nitrogen and oxygen atoms in total. The van der Waals surface area contributed by atoms with Gasteiger partial charge in [0, 0.05) is 54.0 Å². The maximum absolute atomic E-state index is 12.9. The molecule has 0 radical (unpaired) electrons. The molecule has 0 spiro atoms. The number of nitrogens with two attached hydrogens (primary N) is 1. The molecule has 2 aliphatic rings. The molecule has 1 atom stereocenters. The molecule has 6 rings (SSSR count). The molecule has 1 aliphatic heterocycles. The van der Waals surface area contributed by atoms with Crippen molar-refractivity contribution < 1.29 is 9.59 Å². The number of nitrogens with zero attached hydrogens (tertiary/aromatic N) is 7. The van der Waals surface area contributed by atoms with Gasteiger partial charge in [0.25, 0.3) is 5.91 Å². The van der Waals surface area contributed by atoms with Gasteiger partial charge in [-0.1, -0.05) is 32.1 Å². The third-order valence-corrected chi connectivity index (χ3v) is 9.11. The van der Waals surface area contributed by atoms with Crippen molar-refractivity contribution in [2.45, 2.75) is 51.1 Å². The van der Waals surface area contributed by atoms with E-state index in [9.17, 15) is 9.59 Å². The van der Waals surface area contributed by atoms with Crippen LogP contribution < -0.4 is 11.1 Å². The smallest absolute Gasteiger partial charge is 0.257 e. The van der Waals surface area contributed by atoms with Crippen molar-refractivity contribution in [3.05, 3.63) is 59.4 Å². The Morgan fingerprint density at radius 1 is 1.17 bits per heavy atom. The van der Waals surface area contributed by atoms with Gasteiger partial charge in [-0.3, -0.25) is 19.8 Å². The van der Waals surface area contributed by atoms with E-state index in [4.69, 9.17) is 10.8 Å². The molecule has 1 unspecified atom stereocenters. The third-order valence-electron chi connectivity index (χ3n) is 7.90. The average Bonchev–Trinajstić information content (AvgIpc) is 3.35. The van der Waals surface area contributed by atoms with Crippen LogP contribution in [0.2, 0.25) is 0 Å². The Morgan fingerprint density at radius 3 is 2.67 bits per heavy atom. The van der Waals surface area contributed by atoms with Crippen LogP contribution in [0.5, 0.6) is 0 Å². The number of nitrogen functional groups attached to an aromatic ring is 1. The molecule has 0 bridgehead atoms. The number of benzene rings is 1. The molecule has 3 N–H and O–H groups in total. The van der Waals surface area contributed by atoms with Crippen molar-refractivity contribution in [3.8, 4) is 11.3 Å². The van der Waals surface area contributed by atoms with Crippen molar-refractivity contribution in [2.24, 2.45) is 0 Å². The second kappa shape index (κ2) is 11.6. The zero-order valence-electron chi connectivity index (χ0n) is 24.0. The molecule has 12 heteroatoms. The number of hydrogen-bond donors (Lipinski definition) is 2. The molecule has 3 aromatic heterocycles. The molecule has 2 fully saturated rings. The van der Waals surface area contributed by atoms with Gasteiger partial charge in [0.05, 0.1) is 11.4 Å². The first-order chi connectivity index (χ1) is 20.3. The van der Waals surface area contributed by atoms with Crippen LogP contribution in [0.1, 0.15) is 60.3 Å². The summed E-state index contributed by atoms with van der Waals surface area (Å²) in [5, 5.41) is 9.05. The Kier molecular flexibility index (Phi) is 7.74. The summed E-state index contributed by atoms with van der Waals surface area (Å²) in [7, 11) is 2.10. The van der Waals surface area contributed by atoms with E-state index >= 15 is 0 Å². The molecule has 1 aromatic carbocycles. The molecule has 42 heavy (non-hydrogen) atoms. The predicted molar refractivity (Wildman–Crippen MR) is 164 cm³/mol. The fourth-order valence-electron chi connectivity index (χ4n) is 5.24. The quantitative estimate of drug-likeness (QED) is 0.277. The van der Waals surface area contributed by atoms with Gasteiger partial charge in [-0.25, -0.2) is 19.6 Å². The SMILES string of the molecule is CC(C)c1cnc(NC(=O)c2ccc(-c3nn(C4CCN(C(=O)C=CCN(C)C5CC5)C4)c4ncnc(N)c34)cc2)s1. The number of aromatic nitrogens is 5. The average molecular weight is 586 g/mol. The number of nitrogens with one attached hydrogen (secondary N) is 1. The van der Waals surface area contributed by atoms with Crippen LogP contribution in [0.15, 0.2) is 48.9 Å². The molecule has 4 heterocycles. The maximum atomic E-state index is 12.9. The minimum atomic E-state index is -0.228. The number of rotatable bonds is 9. The van der Waals surface area contributed by atoms with Gasteiger partial charge >= 0.3 is 0 Å². The second-order valence-electron chi connectivity index (χ2n) is 11.3. The van der Waals surface area contributed by atoms with Crippen molar-refractivity contribution in [1.29, 1.82) is 0 Å². The van der Waals surface area contributed by atoms with E-state index in [-0.39, 0.29) is 17.9 Å². The highest BCUT2D eigenvalue weighted by Crippen LogP contribution is 2.34. The number of likely N-dealkylation sites (N-methyl/N-ethyl adjacent to an activating group) is 1. The molecule has 1 saturated carbocycles. The van der Waals surface area contributed by atoms with Crippen LogP contribution in [-0.2, 0) is 4.79 Å². The number of fused-ring (bicyclic) bond motifs is 1. The monoisotopic (exact) mass is 585 g/mol. The molecule has 4 aromatic rings. The standard InChI is InChI=1S/C30H35N9O2S/c1-18(2)23-15-32-30(42-23)35-29(41)20-8-6-19(7-9-20)26-25-27(31)33-17-34-28(25)39(36-26)22-12-14-38(16-22)24(40)5-4-13-37(3)21-10-11-21/h4-9,15,17-18,21-22H,10-14,16H2,1-3H3,(H2,31,33,34)(H,32,35,41). The van der Waals surface area contributed by atoms with E-state index < -0.39 is 0 Å². The molecular weight excluding hydrogens is 550 g/mol. The molecule has 1 aliphatic carbocycles. The first-order valence-corrected chi connectivity index (χ1v) is 15.1. The lowest BCUT2D eigenvalue weighted by molar-refractivity contribution is -0.125. The fraction of sp³-hybridized carbons (Fsp3) is 0.400. The largest absolute Gasteiger partial charge is 0.383 e. The van der Waals surface area contributed by atoms with E-state index in [1.807, 2.05) is 27.8 Å². The number of anilines is 2. The highest BCUT2D eigenvalue weighted by Gasteiger charge is 2.30. The highest BCUT2D eigenvalue weighted by molar-refractivity contribution is 7.15. The van der Waals surface area contributed by atoms with Gasteiger partial charge in [0.1, 0.15) is 17.8 Å². The normalized spacial score (nSPS) is 17.3. The summed E-state index contributed by atoms with van der Waals surface area (Å²) in [6.07, 6.45) is 10.1. The van der Waals surface area contributed by atoms with Crippen LogP contribution in [0.3, 0.4) is 0 Å². The van der Waals surface area contributed by atoms with Crippen LogP contribution in [0.4, 0.5) is 10.9 Å². The van der Waals surface area contributed by atoms with E-state index in [1.54, 1.807) is 24.4 Å². The number of carbonyl (C=O) groups is 2. The van der Waals surface area contributed by atoms with E-state index in [1.165, 1.54) is 30.5 Å².